The van der Waals surface area contributed by atoms with Crippen molar-refractivity contribution in [2.24, 2.45) is 0 Å². The van der Waals surface area contributed by atoms with E-state index in [1.165, 1.54) is 0 Å². The Morgan fingerprint density at radius 1 is 1.30 bits per heavy atom. The van der Waals surface area contributed by atoms with Gasteiger partial charge in [0.15, 0.2) is 0 Å². The summed E-state index contributed by atoms with van der Waals surface area (Å²) in [7, 11) is 0. The number of likely N-dealkylation sites (tertiary alicyclic amines) is 1. The van der Waals surface area contributed by atoms with Gasteiger partial charge in [-0.15, -0.1) is 0 Å². The molecule has 0 radical (unpaired) electrons. The van der Waals surface area contributed by atoms with Crippen LogP contribution in [0.1, 0.15) is 28.2 Å². The van der Waals surface area contributed by atoms with Gasteiger partial charge in [0.25, 0.3) is 0 Å². The summed E-state index contributed by atoms with van der Waals surface area (Å²) in [5.41, 5.74) is 3.86. The van der Waals surface area contributed by atoms with E-state index < -0.39 is 0 Å². The maximum Gasteiger partial charge on any atom is 0.227 e. The number of aromatic nitrogens is 2. The zero-order chi connectivity index (χ0) is 16.0. The predicted molar refractivity (Wildman–Crippen MR) is 84.7 cm³/mol. The van der Waals surface area contributed by atoms with Gasteiger partial charge in [0.05, 0.1) is 31.8 Å². The van der Waals surface area contributed by atoms with Crippen LogP contribution in [-0.2, 0) is 28.2 Å². The number of amides is 1. The molecule has 0 atom stereocenters. The molecule has 0 saturated carbocycles. The molecule has 118 valence electrons. The van der Waals surface area contributed by atoms with Crippen molar-refractivity contribution >= 4 is 5.91 Å². The second kappa shape index (κ2) is 5.13. The van der Waals surface area contributed by atoms with Crippen molar-refractivity contribution in [3.63, 3.8) is 0 Å². The molecule has 1 saturated heterocycles. The van der Waals surface area contributed by atoms with Crippen LogP contribution < -0.4 is 0 Å². The number of fused-ring (bicyclic) bond motifs is 2. The van der Waals surface area contributed by atoms with E-state index in [9.17, 15) is 4.79 Å². The van der Waals surface area contributed by atoms with Gasteiger partial charge in [0, 0.05) is 11.8 Å². The summed E-state index contributed by atoms with van der Waals surface area (Å²) in [5, 5.41) is 0. The lowest BCUT2D eigenvalue weighted by Crippen LogP contribution is -2.61. The lowest BCUT2D eigenvalue weighted by atomic mass is 9.87. The van der Waals surface area contributed by atoms with Crippen molar-refractivity contribution in [2.75, 3.05) is 13.1 Å². The molecule has 0 N–H and O–H groups in total. The zero-order valence-electron chi connectivity index (χ0n) is 13.4. The Labute approximate surface area is 135 Å². The maximum atomic E-state index is 12.5. The first kappa shape index (κ1) is 14.3. The SMILES string of the molecule is Cc1ncc2c(n1)COC21CN(C(=O)Cc2ccccc2C)C1. The highest BCUT2D eigenvalue weighted by molar-refractivity contribution is 5.80. The standard InChI is InChI=1S/C18H19N3O2/c1-12-5-3-4-6-14(12)7-17(22)21-10-18(11-21)15-8-19-13(2)20-16(15)9-23-18/h3-6,8H,7,9-11H2,1-2H3. The predicted octanol–water partition coefficient (Wildman–Crippen LogP) is 1.90. The topological polar surface area (TPSA) is 55.3 Å². The Hall–Kier alpha value is -2.27. The quantitative estimate of drug-likeness (QED) is 0.850. The van der Waals surface area contributed by atoms with Crippen LogP contribution in [0.4, 0.5) is 0 Å². The molecule has 23 heavy (non-hydrogen) atoms. The number of benzene rings is 1. The number of aryl methyl sites for hydroxylation is 2. The average molecular weight is 309 g/mol. The maximum absolute atomic E-state index is 12.5. The van der Waals surface area contributed by atoms with Gasteiger partial charge in [0.1, 0.15) is 11.4 Å². The monoisotopic (exact) mass is 309 g/mol. The molecule has 0 aliphatic carbocycles. The number of carbonyl (C=O) groups is 1. The summed E-state index contributed by atoms with van der Waals surface area (Å²) >= 11 is 0. The average Bonchev–Trinajstić information content (AvgIpc) is 2.86. The molecule has 2 aromatic rings. The van der Waals surface area contributed by atoms with Crippen molar-refractivity contribution in [3.05, 3.63) is 58.7 Å². The normalized spacial score (nSPS) is 17.9. The second-order valence-corrected chi connectivity index (χ2v) is 6.41. The molecular formula is C18H19N3O2. The van der Waals surface area contributed by atoms with Gasteiger partial charge in [-0.1, -0.05) is 24.3 Å². The molecule has 0 unspecified atom stereocenters. The first-order valence-corrected chi connectivity index (χ1v) is 7.87. The van der Waals surface area contributed by atoms with E-state index in [1.807, 2.05) is 49.2 Å². The highest BCUT2D eigenvalue weighted by atomic mass is 16.5. The van der Waals surface area contributed by atoms with E-state index in [4.69, 9.17) is 4.74 Å². The molecule has 0 bridgehead atoms. The van der Waals surface area contributed by atoms with Crippen molar-refractivity contribution in [1.29, 1.82) is 0 Å². The van der Waals surface area contributed by atoms with Crippen LogP contribution in [-0.4, -0.2) is 33.9 Å². The van der Waals surface area contributed by atoms with E-state index in [-0.39, 0.29) is 11.5 Å². The van der Waals surface area contributed by atoms with Gasteiger partial charge in [-0.05, 0) is 25.0 Å². The van der Waals surface area contributed by atoms with E-state index in [1.54, 1.807) is 0 Å². The van der Waals surface area contributed by atoms with Crippen molar-refractivity contribution in [2.45, 2.75) is 32.5 Å². The lowest BCUT2D eigenvalue weighted by molar-refractivity contribution is -0.168. The van der Waals surface area contributed by atoms with Crippen LogP contribution in [0, 0.1) is 13.8 Å². The Morgan fingerprint density at radius 2 is 2.09 bits per heavy atom. The minimum absolute atomic E-state index is 0.148. The van der Waals surface area contributed by atoms with Crippen LogP contribution in [0.15, 0.2) is 30.5 Å². The van der Waals surface area contributed by atoms with Crippen LogP contribution in [0.2, 0.25) is 0 Å². The van der Waals surface area contributed by atoms with Crippen molar-refractivity contribution in [3.8, 4) is 0 Å². The summed E-state index contributed by atoms with van der Waals surface area (Å²) in [5.74, 6) is 0.909. The molecule has 1 spiro atoms. The summed E-state index contributed by atoms with van der Waals surface area (Å²) in [6, 6.07) is 8.02. The van der Waals surface area contributed by atoms with Crippen LogP contribution >= 0.6 is 0 Å². The molecular weight excluding hydrogens is 290 g/mol. The molecule has 5 heteroatoms. The number of hydrogen-bond acceptors (Lipinski definition) is 4. The smallest absolute Gasteiger partial charge is 0.227 e. The van der Waals surface area contributed by atoms with Gasteiger partial charge in [-0.3, -0.25) is 4.79 Å². The molecule has 2 aliphatic rings. The third-order valence-corrected chi connectivity index (χ3v) is 4.81. The highest BCUT2D eigenvalue weighted by Gasteiger charge is 2.52. The van der Waals surface area contributed by atoms with Gasteiger partial charge in [0.2, 0.25) is 5.91 Å². The van der Waals surface area contributed by atoms with Crippen molar-refractivity contribution in [1.82, 2.24) is 14.9 Å². The van der Waals surface area contributed by atoms with Crippen LogP contribution in [0.3, 0.4) is 0 Å². The molecule has 5 nitrogen and oxygen atoms in total. The molecule has 1 fully saturated rings. The molecule has 2 aliphatic heterocycles. The minimum atomic E-state index is -0.384. The van der Waals surface area contributed by atoms with E-state index >= 15 is 0 Å². The minimum Gasteiger partial charge on any atom is -0.360 e. The molecule has 1 amide bonds. The number of carbonyl (C=O) groups excluding carboxylic acids is 1. The Kier molecular flexibility index (Phi) is 3.20. The molecule has 1 aromatic heterocycles. The van der Waals surface area contributed by atoms with E-state index in [0.717, 1.165) is 28.2 Å². The lowest BCUT2D eigenvalue weighted by Gasteiger charge is -2.47. The van der Waals surface area contributed by atoms with Crippen LogP contribution in [0.5, 0.6) is 0 Å². The number of ether oxygens (including phenoxy) is 1. The highest BCUT2D eigenvalue weighted by Crippen LogP contribution is 2.42. The van der Waals surface area contributed by atoms with E-state index in [2.05, 4.69) is 9.97 Å². The largest absolute Gasteiger partial charge is 0.360 e. The molecule has 4 rings (SSSR count). The van der Waals surface area contributed by atoms with Gasteiger partial charge >= 0.3 is 0 Å². The zero-order valence-corrected chi connectivity index (χ0v) is 13.4. The van der Waals surface area contributed by atoms with Crippen LogP contribution in [0.25, 0.3) is 0 Å². The Morgan fingerprint density at radius 3 is 2.87 bits per heavy atom. The first-order valence-electron chi connectivity index (χ1n) is 7.87. The Balaban J connectivity index is 1.46. The third-order valence-electron chi connectivity index (χ3n) is 4.81. The number of rotatable bonds is 2. The Bertz CT molecular complexity index is 782. The summed E-state index contributed by atoms with van der Waals surface area (Å²) < 4.78 is 5.96. The van der Waals surface area contributed by atoms with Crippen molar-refractivity contribution < 1.29 is 9.53 Å². The summed E-state index contributed by atoms with van der Waals surface area (Å²) in [4.78, 5) is 23.1. The van der Waals surface area contributed by atoms with Gasteiger partial charge in [-0.2, -0.15) is 0 Å². The molecule has 3 heterocycles. The molecule has 1 aromatic carbocycles. The van der Waals surface area contributed by atoms with E-state index in [0.29, 0.717) is 26.1 Å². The number of nitrogens with zero attached hydrogens (tertiary/aromatic N) is 3. The fourth-order valence-electron chi connectivity index (χ4n) is 3.38. The second-order valence-electron chi connectivity index (χ2n) is 6.41. The third kappa shape index (κ3) is 2.32. The summed E-state index contributed by atoms with van der Waals surface area (Å²) in [6.07, 6.45) is 2.30. The fourth-order valence-corrected chi connectivity index (χ4v) is 3.38. The van der Waals surface area contributed by atoms with Gasteiger partial charge in [-0.25, -0.2) is 9.97 Å². The number of hydrogen-bond donors (Lipinski definition) is 0. The first-order chi connectivity index (χ1) is 11.1. The summed E-state index contributed by atoms with van der Waals surface area (Å²) in [6.45, 7) is 5.62. The van der Waals surface area contributed by atoms with Gasteiger partial charge < -0.3 is 9.64 Å². The fraction of sp³-hybridized carbons (Fsp3) is 0.389.